The van der Waals surface area contributed by atoms with Crippen molar-refractivity contribution in [1.29, 1.82) is 0 Å². The summed E-state index contributed by atoms with van der Waals surface area (Å²) in [5.41, 5.74) is 1.04. The van der Waals surface area contributed by atoms with E-state index in [9.17, 15) is 9.59 Å². The van der Waals surface area contributed by atoms with Crippen molar-refractivity contribution in [3.05, 3.63) is 42.1 Å². The zero-order valence-corrected chi connectivity index (χ0v) is 12.0. The molecule has 1 aromatic heterocycles. The first-order valence-electron chi connectivity index (χ1n) is 6.86. The predicted molar refractivity (Wildman–Crippen MR) is 80.1 cm³/mol. The lowest BCUT2D eigenvalue weighted by Crippen LogP contribution is -2.40. The fourth-order valence-electron chi connectivity index (χ4n) is 2.08. The summed E-state index contributed by atoms with van der Waals surface area (Å²) < 4.78 is 0. The number of rotatable bonds is 5. The van der Waals surface area contributed by atoms with E-state index >= 15 is 0 Å². The Hall–Kier alpha value is -2.43. The number of carboxylic acid groups (broad SMARTS) is 1. The fraction of sp³-hybridized carbons (Fsp3) is 0.312. The predicted octanol–water partition coefficient (Wildman–Crippen LogP) is 2.46. The van der Waals surface area contributed by atoms with Crippen LogP contribution in [0.15, 0.2) is 36.4 Å². The first-order valence-corrected chi connectivity index (χ1v) is 6.86. The molecule has 0 radical (unpaired) electrons. The van der Waals surface area contributed by atoms with Gasteiger partial charge in [-0.2, -0.15) is 0 Å². The second-order valence-corrected chi connectivity index (χ2v) is 5.31. The van der Waals surface area contributed by atoms with Gasteiger partial charge in [-0.1, -0.05) is 38.1 Å². The second-order valence-electron chi connectivity index (χ2n) is 5.31. The Morgan fingerprint density at radius 2 is 1.90 bits per heavy atom. The first kappa shape index (κ1) is 15.0. The van der Waals surface area contributed by atoms with Crippen molar-refractivity contribution in [1.82, 2.24) is 10.3 Å². The Kier molecular flexibility index (Phi) is 4.52. The Labute approximate surface area is 123 Å². The van der Waals surface area contributed by atoms with Crippen LogP contribution in [0.3, 0.4) is 0 Å². The smallest absolute Gasteiger partial charge is 0.305 e. The molecule has 0 fully saturated rings. The van der Waals surface area contributed by atoms with E-state index in [0.717, 1.165) is 10.9 Å². The van der Waals surface area contributed by atoms with Crippen molar-refractivity contribution < 1.29 is 14.7 Å². The minimum absolute atomic E-state index is 0.0329. The molecule has 0 saturated heterocycles. The molecule has 21 heavy (non-hydrogen) atoms. The van der Waals surface area contributed by atoms with Crippen LogP contribution in [0, 0.1) is 5.92 Å². The van der Waals surface area contributed by atoms with Gasteiger partial charge in [0.15, 0.2) is 0 Å². The standard InChI is InChI=1S/C16H18N2O3/c1-10(2)14(9-15(19)20)18-16(21)13-8-7-11-5-3-4-6-12(11)17-13/h3-8,10,14H,9H2,1-2H3,(H,18,21)(H,19,20). The number of benzene rings is 1. The van der Waals surface area contributed by atoms with E-state index in [2.05, 4.69) is 10.3 Å². The van der Waals surface area contributed by atoms with E-state index in [4.69, 9.17) is 5.11 Å². The maximum absolute atomic E-state index is 12.2. The van der Waals surface area contributed by atoms with Gasteiger partial charge < -0.3 is 10.4 Å². The second kappa shape index (κ2) is 6.35. The summed E-state index contributed by atoms with van der Waals surface area (Å²) in [6.07, 6.45) is -0.100. The molecule has 1 amide bonds. The number of carbonyl (C=O) groups excluding carboxylic acids is 1. The Balaban J connectivity index is 2.18. The molecular weight excluding hydrogens is 268 g/mol. The lowest BCUT2D eigenvalue weighted by atomic mass is 10.0. The fourth-order valence-corrected chi connectivity index (χ4v) is 2.08. The maximum atomic E-state index is 12.2. The van der Waals surface area contributed by atoms with Gasteiger partial charge in [-0.05, 0) is 18.1 Å². The Morgan fingerprint density at radius 3 is 2.57 bits per heavy atom. The van der Waals surface area contributed by atoms with Crippen LogP contribution < -0.4 is 5.32 Å². The highest BCUT2D eigenvalue weighted by atomic mass is 16.4. The normalized spacial score (nSPS) is 12.3. The molecule has 1 atom stereocenters. The van der Waals surface area contributed by atoms with E-state index < -0.39 is 12.0 Å². The third kappa shape index (κ3) is 3.78. The van der Waals surface area contributed by atoms with Crippen LogP contribution in [0.1, 0.15) is 30.8 Å². The molecule has 5 heteroatoms. The van der Waals surface area contributed by atoms with Crippen LogP contribution in [-0.4, -0.2) is 28.0 Å². The summed E-state index contributed by atoms with van der Waals surface area (Å²) in [4.78, 5) is 27.4. The van der Waals surface area contributed by atoms with Gasteiger partial charge in [0, 0.05) is 11.4 Å². The molecule has 0 aliphatic rings. The van der Waals surface area contributed by atoms with Crippen LogP contribution in [0.25, 0.3) is 10.9 Å². The molecular formula is C16H18N2O3. The van der Waals surface area contributed by atoms with Gasteiger partial charge in [-0.15, -0.1) is 0 Å². The number of aliphatic carboxylic acids is 1. The number of carboxylic acids is 1. The molecule has 2 rings (SSSR count). The van der Waals surface area contributed by atoms with E-state index in [1.807, 2.05) is 44.2 Å². The summed E-state index contributed by atoms with van der Waals surface area (Å²) in [6, 6.07) is 10.6. The van der Waals surface area contributed by atoms with Gasteiger partial charge in [-0.25, -0.2) is 4.98 Å². The Bertz CT molecular complexity index is 667. The van der Waals surface area contributed by atoms with Crippen molar-refractivity contribution in [2.24, 2.45) is 5.92 Å². The highest BCUT2D eigenvalue weighted by molar-refractivity contribution is 5.95. The third-order valence-electron chi connectivity index (χ3n) is 3.35. The number of para-hydroxylation sites is 1. The number of carbonyl (C=O) groups is 2. The molecule has 0 saturated carbocycles. The zero-order chi connectivity index (χ0) is 15.4. The van der Waals surface area contributed by atoms with Crippen molar-refractivity contribution >= 4 is 22.8 Å². The molecule has 0 bridgehead atoms. The summed E-state index contributed by atoms with van der Waals surface area (Å²) in [5.74, 6) is -1.24. The lowest BCUT2D eigenvalue weighted by Gasteiger charge is -2.20. The topological polar surface area (TPSA) is 79.3 Å². The van der Waals surface area contributed by atoms with E-state index in [0.29, 0.717) is 5.69 Å². The van der Waals surface area contributed by atoms with Gasteiger partial charge in [0.05, 0.1) is 11.9 Å². The quantitative estimate of drug-likeness (QED) is 0.885. The summed E-state index contributed by atoms with van der Waals surface area (Å²) in [6.45, 7) is 3.75. The molecule has 1 unspecified atom stereocenters. The van der Waals surface area contributed by atoms with Gasteiger partial charge in [-0.3, -0.25) is 9.59 Å². The van der Waals surface area contributed by atoms with Crippen molar-refractivity contribution in [3.8, 4) is 0 Å². The molecule has 5 nitrogen and oxygen atoms in total. The molecule has 2 N–H and O–H groups in total. The number of hydrogen-bond donors (Lipinski definition) is 2. The average Bonchev–Trinajstić information content (AvgIpc) is 2.45. The number of nitrogens with zero attached hydrogens (tertiary/aromatic N) is 1. The highest BCUT2D eigenvalue weighted by Crippen LogP contribution is 2.13. The van der Waals surface area contributed by atoms with E-state index in [1.165, 1.54) is 0 Å². The number of nitrogens with one attached hydrogen (secondary N) is 1. The van der Waals surface area contributed by atoms with Crippen LogP contribution in [0.2, 0.25) is 0 Å². The summed E-state index contributed by atoms with van der Waals surface area (Å²) >= 11 is 0. The van der Waals surface area contributed by atoms with Crippen LogP contribution in [-0.2, 0) is 4.79 Å². The van der Waals surface area contributed by atoms with Crippen LogP contribution in [0.5, 0.6) is 0 Å². The SMILES string of the molecule is CC(C)C(CC(=O)O)NC(=O)c1ccc2ccccc2n1. The lowest BCUT2D eigenvalue weighted by molar-refractivity contribution is -0.137. The van der Waals surface area contributed by atoms with Crippen LogP contribution >= 0.6 is 0 Å². The molecule has 0 spiro atoms. The van der Waals surface area contributed by atoms with Gasteiger partial charge in [0.2, 0.25) is 0 Å². The molecule has 110 valence electrons. The van der Waals surface area contributed by atoms with Crippen LogP contribution in [0.4, 0.5) is 0 Å². The van der Waals surface area contributed by atoms with Gasteiger partial charge >= 0.3 is 5.97 Å². The summed E-state index contributed by atoms with van der Waals surface area (Å²) in [5, 5.41) is 12.6. The number of fused-ring (bicyclic) bond motifs is 1. The first-order chi connectivity index (χ1) is 9.97. The molecule has 1 heterocycles. The highest BCUT2D eigenvalue weighted by Gasteiger charge is 2.20. The minimum Gasteiger partial charge on any atom is -0.481 e. The third-order valence-corrected chi connectivity index (χ3v) is 3.35. The van der Waals surface area contributed by atoms with Crippen molar-refractivity contribution in [2.75, 3.05) is 0 Å². The van der Waals surface area contributed by atoms with Crippen molar-refractivity contribution in [3.63, 3.8) is 0 Å². The monoisotopic (exact) mass is 286 g/mol. The van der Waals surface area contributed by atoms with Crippen molar-refractivity contribution in [2.45, 2.75) is 26.3 Å². The average molecular weight is 286 g/mol. The zero-order valence-electron chi connectivity index (χ0n) is 12.0. The molecule has 1 aromatic carbocycles. The largest absolute Gasteiger partial charge is 0.481 e. The molecule has 2 aromatic rings. The number of amides is 1. The number of hydrogen-bond acceptors (Lipinski definition) is 3. The Morgan fingerprint density at radius 1 is 1.19 bits per heavy atom. The van der Waals surface area contributed by atoms with Gasteiger partial charge in [0.1, 0.15) is 5.69 Å². The van der Waals surface area contributed by atoms with E-state index in [-0.39, 0.29) is 18.2 Å². The maximum Gasteiger partial charge on any atom is 0.305 e. The van der Waals surface area contributed by atoms with Gasteiger partial charge in [0.25, 0.3) is 5.91 Å². The molecule has 0 aliphatic heterocycles. The number of pyridine rings is 1. The number of aromatic nitrogens is 1. The summed E-state index contributed by atoms with van der Waals surface area (Å²) in [7, 11) is 0. The minimum atomic E-state index is -0.930. The molecule has 0 aliphatic carbocycles. The van der Waals surface area contributed by atoms with E-state index in [1.54, 1.807) is 6.07 Å².